The minimum Gasteiger partial charge on any atom is -0.351 e. The van der Waals surface area contributed by atoms with Crippen molar-refractivity contribution >= 4 is 11.8 Å². The van der Waals surface area contributed by atoms with Gasteiger partial charge in [-0.05, 0) is 68.4 Å². The van der Waals surface area contributed by atoms with Crippen LogP contribution < -0.4 is 5.32 Å². The molecule has 2 amide bonds. The largest absolute Gasteiger partial charge is 0.351 e. The maximum absolute atomic E-state index is 12.9. The van der Waals surface area contributed by atoms with Crippen LogP contribution in [0.4, 0.5) is 0 Å². The number of aromatic nitrogens is 1. The molecule has 1 N–H and O–H groups in total. The van der Waals surface area contributed by atoms with Crippen molar-refractivity contribution in [1.29, 1.82) is 0 Å². The lowest BCUT2D eigenvalue weighted by atomic mass is 10.0. The molecule has 5 nitrogen and oxygen atoms in total. The highest BCUT2D eigenvalue weighted by atomic mass is 16.2. The van der Waals surface area contributed by atoms with E-state index in [0.717, 1.165) is 43.2 Å². The highest BCUT2D eigenvalue weighted by Crippen LogP contribution is 2.36. The molecule has 2 aliphatic rings. The summed E-state index contributed by atoms with van der Waals surface area (Å²) >= 11 is 0. The summed E-state index contributed by atoms with van der Waals surface area (Å²) in [6.45, 7) is 2.10. The zero-order valence-electron chi connectivity index (χ0n) is 16.5. The summed E-state index contributed by atoms with van der Waals surface area (Å²) < 4.78 is 0. The van der Waals surface area contributed by atoms with Gasteiger partial charge in [0.05, 0.1) is 0 Å². The second kappa shape index (κ2) is 7.38. The zero-order chi connectivity index (χ0) is 19.7. The minimum atomic E-state index is 0.0120. The number of hydrogen-bond donors (Lipinski definition) is 1. The molecule has 1 aromatic carbocycles. The highest BCUT2D eigenvalue weighted by molar-refractivity contribution is 5.95. The Morgan fingerprint density at radius 2 is 1.86 bits per heavy atom. The molecule has 28 heavy (non-hydrogen) atoms. The van der Waals surface area contributed by atoms with Gasteiger partial charge in [-0.15, -0.1) is 0 Å². The molecule has 0 bridgehead atoms. The molecule has 0 aliphatic heterocycles. The first-order valence-electron chi connectivity index (χ1n) is 10.0. The van der Waals surface area contributed by atoms with Crippen LogP contribution in [-0.2, 0) is 4.79 Å². The van der Waals surface area contributed by atoms with Crippen molar-refractivity contribution in [1.82, 2.24) is 15.2 Å². The SMILES string of the molecule is CN(C(=O)c1ccc(-c2cccnc2)cc1)C1CCC(C(=O)NC2(C)CC2)C1. The van der Waals surface area contributed by atoms with Crippen molar-refractivity contribution < 1.29 is 9.59 Å². The Balaban J connectivity index is 1.37. The molecule has 0 saturated heterocycles. The van der Waals surface area contributed by atoms with Crippen molar-refractivity contribution in [3.8, 4) is 11.1 Å². The minimum absolute atomic E-state index is 0.0120. The monoisotopic (exact) mass is 377 g/mol. The molecule has 146 valence electrons. The average molecular weight is 377 g/mol. The number of nitrogens with one attached hydrogen (secondary N) is 1. The molecular weight excluding hydrogens is 350 g/mol. The fourth-order valence-corrected chi connectivity index (χ4v) is 3.97. The van der Waals surface area contributed by atoms with E-state index < -0.39 is 0 Å². The van der Waals surface area contributed by atoms with Crippen molar-refractivity contribution in [2.24, 2.45) is 5.92 Å². The molecule has 5 heteroatoms. The van der Waals surface area contributed by atoms with Gasteiger partial charge in [-0.25, -0.2) is 0 Å². The van der Waals surface area contributed by atoms with E-state index in [1.165, 1.54) is 0 Å². The van der Waals surface area contributed by atoms with E-state index in [0.29, 0.717) is 5.56 Å². The van der Waals surface area contributed by atoms with Crippen LogP contribution in [0.2, 0.25) is 0 Å². The van der Waals surface area contributed by atoms with Crippen molar-refractivity contribution in [2.75, 3.05) is 7.05 Å². The van der Waals surface area contributed by atoms with Crippen molar-refractivity contribution in [3.63, 3.8) is 0 Å². The Morgan fingerprint density at radius 3 is 2.50 bits per heavy atom. The standard InChI is InChI=1S/C23H27N3O2/c1-23(11-12-23)25-21(27)18-9-10-20(14-18)26(2)22(28)17-7-5-16(6-8-17)19-4-3-13-24-15-19/h3-8,13,15,18,20H,9-12,14H2,1-2H3,(H,25,27). The summed E-state index contributed by atoms with van der Waals surface area (Å²) in [5.41, 5.74) is 2.77. The van der Waals surface area contributed by atoms with E-state index in [1.807, 2.05) is 54.5 Å². The predicted molar refractivity (Wildman–Crippen MR) is 109 cm³/mol. The maximum atomic E-state index is 12.9. The van der Waals surface area contributed by atoms with Crippen LogP contribution >= 0.6 is 0 Å². The molecule has 1 aromatic heterocycles. The van der Waals surface area contributed by atoms with Crippen LogP contribution in [0.5, 0.6) is 0 Å². The number of hydrogen-bond acceptors (Lipinski definition) is 3. The zero-order valence-corrected chi connectivity index (χ0v) is 16.5. The van der Waals surface area contributed by atoms with Crippen LogP contribution in [-0.4, -0.2) is 40.3 Å². The van der Waals surface area contributed by atoms with Crippen LogP contribution in [0.15, 0.2) is 48.8 Å². The quantitative estimate of drug-likeness (QED) is 0.865. The lowest BCUT2D eigenvalue weighted by Crippen LogP contribution is -2.39. The summed E-state index contributed by atoms with van der Waals surface area (Å²) in [4.78, 5) is 31.3. The van der Waals surface area contributed by atoms with Crippen molar-refractivity contribution in [3.05, 3.63) is 54.4 Å². The van der Waals surface area contributed by atoms with Gasteiger partial charge in [0, 0.05) is 42.5 Å². The molecular formula is C23H27N3O2. The lowest BCUT2D eigenvalue weighted by molar-refractivity contribution is -0.125. The molecule has 1 heterocycles. The second-order valence-corrected chi connectivity index (χ2v) is 8.45. The van der Waals surface area contributed by atoms with Gasteiger partial charge in [-0.1, -0.05) is 18.2 Å². The van der Waals surface area contributed by atoms with Crippen LogP contribution in [0.3, 0.4) is 0 Å². The number of carbonyl (C=O) groups excluding carboxylic acids is 2. The maximum Gasteiger partial charge on any atom is 0.253 e. The summed E-state index contributed by atoms with van der Waals surface area (Å²) in [5, 5.41) is 3.17. The Bertz CT molecular complexity index is 859. The smallest absolute Gasteiger partial charge is 0.253 e. The number of carbonyl (C=O) groups is 2. The van der Waals surface area contributed by atoms with Gasteiger partial charge in [0.1, 0.15) is 0 Å². The molecule has 2 fully saturated rings. The molecule has 0 radical (unpaired) electrons. The molecule has 2 unspecified atom stereocenters. The highest BCUT2D eigenvalue weighted by Gasteiger charge is 2.42. The van der Waals surface area contributed by atoms with Crippen LogP contribution in [0.25, 0.3) is 11.1 Å². The third-order valence-electron chi connectivity index (χ3n) is 6.20. The molecule has 0 spiro atoms. The topological polar surface area (TPSA) is 62.3 Å². The summed E-state index contributed by atoms with van der Waals surface area (Å²) in [6, 6.07) is 11.7. The van der Waals surface area contributed by atoms with Crippen molar-refractivity contribution in [2.45, 2.75) is 50.6 Å². The van der Waals surface area contributed by atoms with E-state index >= 15 is 0 Å². The summed E-state index contributed by atoms with van der Waals surface area (Å²) in [7, 11) is 1.85. The normalized spacial score (nSPS) is 22.5. The first-order chi connectivity index (χ1) is 13.5. The lowest BCUT2D eigenvalue weighted by Gasteiger charge is -2.25. The number of rotatable bonds is 5. The third kappa shape index (κ3) is 3.93. The molecule has 2 aromatic rings. The van der Waals surface area contributed by atoms with E-state index in [9.17, 15) is 9.59 Å². The first-order valence-corrected chi connectivity index (χ1v) is 10.0. The fourth-order valence-electron chi connectivity index (χ4n) is 3.97. The Hall–Kier alpha value is -2.69. The molecule has 2 atom stereocenters. The number of nitrogens with zero attached hydrogens (tertiary/aromatic N) is 2. The average Bonchev–Trinajstić information content (AvgIpc) is 3.24. The van der Waals surface area contributed by atoms with Crippen LogP contribution in [0, 0.1) is 5.92 Å². The first kappa shape index (κ1) is 18.7. The van der Waals surface area contributed by atoms with Gasteiger partial charge in [0.2, 0.25) is 5.91 Å². The molecule has 4 rings (SSSR count). The Labute approximate surface area is 166 Å². The van der Waals surface area contributed by atoms with Gasteiger partial charge in [0.25, 0.3) is 5.91 Å². The van der Waals surface area contributed by atoms with Gasteiger partial charge in [0.15, 0.2) is 0 Å². The Morgan fingerprint density at radius 1 is 1.11 bits per heavy atom. The van der Waals surface area contributed by atoms with Crippen LogP contribution in [0.1, 0.15) is 49.4 Å². The molecule has 2 aliphatic carbocycles. The van der Waals surface area contributed by atoms with E-state index in [-0.39, 0.29) is 29.3 Å². The van der Waals surface area contributed by atoms with E-state index in [2.05, 4.69) is 17.2 Å². The second-order valence-electron chi connectivity index (χ2n) is 8.45. The van der Waals surface area contributed by atoms with Gasteiger partial charge < -0.3 is 10.2 Å². The fraction of sp³-hybridized carbons (Fsp3) is 0.435. The van der Waals surface area contributed by atoms with E-state index in [1.54, 1.807) is 6.20 Å². The van der Waals surface area contributed by atoms with E-state index in [4.69, 9.17) is 0 Å². The molecule has 2 saturated carbocycles. The van der Waals surface area contributed by atoms with Gasteiger partial charge >= 0.3 is 0 Å². The number of benzene rings is 1. The predicted octanol–water partition coefficient (Wildman–Crippen LogP) is 3.66. The number of amides is 2. The van der Waals surface area contributed by atoms with Gasteiger partial charge in [-0.2, -0.15) is 0 Å². The Kier molecular flexibility index (Phi) is 4.92. The third-order valence-corrected chi connectivity index (χ3v) is 6.20. The number of pyridine rings is 1. The van der Waals surface area contributed by atoms with Gasteiger partial charge in [-0.3, -0.25) is 14.6 Å². The summed E-state index contributed by atoms with van der Waals surface area (Å²) in [6.07, 6.45) is 8.18. The summed E-state index contributed by atoms with van der Waals surface area (Å²) in [5.74, 6) is 0.188.